The highest BCUT2D eigenvalue weighted by atomic mass is 15.0. The summed E-state index contributed by atoms with van der Waals surface area (Å²) in [5, 5.41) is 0. The number of rotatable bonds is 6. The largest absolute Gasteiger partial charge is 0.208 e. The van der Waals surface area contributed by atoms with E-state index in [0.717, 1.165) is 33.4 Å². The average Bonchev–Trinajstić information content (AvgIpc) is 3.44. The molecule has 3 nitrogen and oxygen atoms in total. The lowest BCUT2D eigenvalue weighted by molar-refractivity contribution is 0.660. The Kier molecular flexibility index (Phi) is 7.48. The van der Waals surface area contributed by atoms with Gasteiger partial charge in [-0.1, -0.05) is 172 Å². The third-order valence-electron chi connectivity index (χ3n) is 10.2. The minimum absolute atomic E-state index is 0.0419. The van der Waals surface area contributed by atoms with Gasteiger partial charge in [-0.05, 0) is 73.8 Å². The van der Waals surface area contributed by atoms with Crippen molar-refractivity contribution in [1.29, 1.82) is 0 Å². The van der Waals surface area contributed by atoms with Crippen LogP contribution in [-0.4, -0.2) is 15.0 Å². The van der Waals surface area contributed by atoms with Gasteiger partial charge in [-0.15, -0.1) is 0 Å². The SMILES string of the molecule is CC1(C)c2ccccc2-c2ccc(-c3cccc(-c4cccc(-c5nc(-c6ccccc6)nc(-c6ccc(-c7ccccc7)cc6)n5)c4)c3)cc21. The quantitative estimate of drug-likeness (QED) is 0.179. The van der Waals surface area contributed by atoms with Gasteiger partial charge in [0.05, 0.1) is 0 Å². The van der Waals surface area contributed by atoms with Crippen molar-refractivity contribution in [3.8, 4) is 78.7 Å². The van der Waals surface area contributed by atoms with Crippen LogP contribution in [0.2, 0.25) is 0 Å². The monoisotopic (exact) mass is 653 g/mol. The highest BCUT2D eigenvalue weighted by Gasteiger charge is 2.35. The molecule has 8 aromatic rings. The zero-order chi connectivity index (χ0) is 34.4. The molecule has 0 radical (unpaired) electrons. The van der Waals surface area contributed by atoms with Gasteiger partial charge in [0.25, 0.3) is 0 Å². The van der Waals surface area contributed by atoms with Crippen LogP contribution >= 0.6 is 0 Å². The molecule has 0 atom stereocenters. The summed E-state index contributed by atoms with van der Waals surface area (Å²) in [5.74, 6) is 1.94. The van der Waals surface area contributed by atoms with Crippen molar-refractivity contribution < 1.29 is 0 Å². The van der Waals surface area contributed by atoms with Crippen LogP contribution in [0.25, 0.3) is 78.7 Å². The predicted molar refractivity (Wildman–Crippen MR) is 210 cm³/mol. The Bertz CT molecular complexity index is 2530. The van der Waals surface area contributed by atoms with Crippen molar-refractivity contribution >= 4 is 0 Å². The van der Waals surface area contributed by atoms with Gasteiger partial charge in [0, 0.05) is 22.1 Å². The first-order valence-corrected chi connectivity index (χ1v) is 17.4. The molecule has 0 bridgehead atoms. The number of aromatic nitrogens is 3. The molecular formula is C48H35N3. The van der Waals surface area contributed by atoms with Crippen LogP contribution in [0.5, 0.6) is 0 Å². The normalized spacial score (nSPS) is 12.7. The molecule has 0 unspecified atom stereocenters. The fourth-order valence-electron chi connectivity index (χ4n) is 7.39. The molecule has 1 heterocycles. The third-order valence-corrected chi connectivity index (χ3v) is 10.2. The van der Waals surface area contributed by atoms with Crippen LogP contribution in [0, 0.1) is 0 Å². The van der Waals surface area contributed by atoms with Gasteiger partial charge in [0.15, 0.2) is 17.5 Å². The molecule has 242 valence electrons. The van der Waals surface area contributed by atoms with E-state index < -0.39 is 0 Å². The molecule has 0 amide bonds. The molecule has 0 aliphatic heterocycles. The Labute approximate surface area is 299 Å². The van der Waals surface area contributed by atoms with Gasteiger partial charge in [0.1, 0.15) is 0 Å². The van der Waals surface area contributed by atoms with Gasteiger partial charge >= 0.3 is 0 Å². The minimum atomic E-state index is -0.0419. The van der Waals surface area contributed by atoms with Gasteiger partial charge < -0.3 is 0 Å². The van der Waals surface area contributed by atoms with Gasteiger partial charge in [-0.3, -0.25) is 0 Å². The van der Waals surface area contributed by atoms with Crippen molar-refractivity contribution in [3.63, 3.8) is 0 Å². The van der Waals surface area contributed by atoms with Crippen LogP contribution < -0.4 is 0 Å². The van der Waals surface area contributed by atoms with Crippen molar-refractivity contribution in [3.05, 3.63) is 187 Å². The zero-order valence-corrected chi connectivity index (χ0v) is 28.6. The maximum atomic E-state index is 5.04. The smallest absolute Gasteiger partial charge is 0.164 e. The molecule has 0 N–H and O–H groups in total. The van der Waals surface area contributed by atoms with E-state index in [9.17, 15) is 0 Å². The number of hydrogen-bond donors (Lipinski definition) is 0. The van der Waals surface area contributed by atoms with Crippen LogP contribution in [0.1, 0.15) is 25.0 Å². The van der Waals surface area contributed by atoms with Crippen molar-refractivity contribution in [1.82, 2.24) is 15.0 Å². The summed E-state index contributed by atoms with van der Waals surface area (Å²) in [6.07, 6.45) is 0. The van der Waals surface area contributed by atoms with Crippen molar-refractivity contribution in [2.24, 2.45) is 0 Å². The molecule has 1 aromatic heterocycles. The van der Waals surface area contributed by atoms with Crippen LogP contribution in [0.4, 0.5) is 0 Å². The lowest BCUT2D eigenvalue weighted by atomic mass is 9.81. The number of nitrogens with zero attached hydrogens (tertiary/aromatic N) is 3. The molecule has 9 rings (SSSR count). The van der Waals surface area contributed by atoms with Gasteiger partial charge in [-0.25, -0.2) is 15.0 Å². The molecule has 0 spiro atoms. The van der Waals surface area contributed by atoms with Crippen LogP contribution in [0.15, 0.2) is 176 Å². The van der Waals surface area contributed by atoms with Crippen LogP contribution in [-0.2, 0) is 5.41 Å². The molecular weight excluding hydrogens is 619 g/mol. The second-order valence-electron chi connectivity index (χ2n) is 13.7. The first kappa shape index (κ1) is 30.6. The van der Waals surface area contributed by atoms with Gasteiger partial charge in [-0.2, -0.15) is 0 Å². The summed E-state index contributed by atoms with van der Waals surface area (Å²) < 4.78 is 0. The Morgan fingerprint density at radius 1 is 0.294 bits per heavy atom. The Morgan fingerprint density at radius 3 is 1.33 bits per heavy atom. The fourth-order valence-corrected chi connectivity index (χ4v) is 7.39. The van der Waals surface area contributed by atoms with E-state index >= 15 is 0 Å². The summed E-state index contributed by atoms with van der Waals surface area (Å²) >= 11 is 0. The van der Waals surface area contributed by atoms with Crippen molar-refractivity contribution in [2.45, 2.75) is 19.3 Å². The molecule has 0 fully saturated rings. The number of hydrogen-bond acceptors (Lipinski definition) is 3. The molecule has 7 aromatic carbocycles. The zero-order valence-electron chi connectivity index (χ0n) is 28.6. The molecule has 51 heavy (non-hydrogen) atoms. The van der Waals surface area contributed by atoms with E-state index in [-0.39, 0.29) is 5.41 Å². The third kappa shape index (κ3) is 5.63. The summed E-state index contributed by atoms with van der Waals surface area (Å²) in [5.41, 5.74) is 15.2. The standard InChI is InChI=1S/C48H35N3/c1-48(2)43-22-10-9-21-41(43)42-28-27-39(31-44(42)48)37-18-11-17-36(29-37)38-19-12-20-40(30-38)47-50-45(34-15-7-4-8-16-34)49-46(51-47)35-25-23-33(24-26-35)32-13-5-3-6-14-32/h3-31H,1-2H3. The molecule has 0 saturated heterocycles. The van der Waals surface area contributed by atoms with E-state index in [1.165, 1.54) is 38.9 Å². The molecule has 3 heteroatoms. The summed E-state index contributed by atoms with van der Waals surface area (Å²) in [6, 6.07) is 62.1. The average molecular weight is 654 g/mol. The summed E-state index contributed by atoms with van der Waals surface area (Å²) in [6.45, 7) is 4.66. The van der Waals surface area contributed by atoms with Gasteiger partial charge in [0.2, 0.25) is 0 Å². The lowest BCUT2D eigenvalue weighted by Crippen LogP contribution is -2.14. The summed E-state index contributed by atoms with van der Waals surface area (Å²) in [7, 11) is 0. The highest BCUT2D eigenvalue weighted by molar-refractivity contribution is 5.84. The highest BCUT2D eigenvalue weighted by Crippen LogP contribution is 2.49. The Balaban J connectivity index is 1.08. The maximum Gasteiger partial charge on any atom is 0.164 e. The molecule has 1 aliphatic carbocycles. The first-order chi connectivity index (χ1) is 25.0. The van der Waals surface area contributed by atoms with E-state index in [2.05, 4.69) is 153 Å². The minimum Gasteiger partial charge on any atom is -0.208 e. The lowest BCUT2D eigenvalue weighted by Gasteiger charge is -2.22. The Morgan fingerprint density at radius 2 is 0.686 bits per heavy atom. The number of benzene rings is 7. The molecule has 0 saturated carbocycles. The summed E-state index contributed by atoms with van der Waals surface area (Å²) in [4.78, 5) is 15.0. The van der Waals surface area contributed by atoms with Crippen molar-refractivity contribution in [2.75, 3.05) is 0 Å². The second kappa shape index (κ2) is 12.5. The topological polar surface area (TPSA) is 38.7 Å². The maximum absolute atomic E-state index is 5.04. The van der Waals surface area contributed by atoms with E-state index in [0.29, 0.717) is 17.5 Å². The van der Waals surface area contributed by atoms with Crippen LogP contribution in [0.3, 0.4) is 0 Å². The second-order valence-corrected chi connectivity index (χ2v) is 13.7. The Hall–Kier alpha value is -6.45. The first-order valence-electron chi connectivity index (χ1n) is 17.4. The fraction of sp³-hybridized carbons (Fsp3) is 0.0625. The predicted octanol–water partition coefficient (Wildman–Crippen LogP) is 12.2. The number of fused-ring (bicyclic) bond motifs is 3. The van der Waals surface area contributed by atoms with E-state index in [1.54, 1.807) is 0 Å². The van der Waals surface area contributed by atoms with E-state index in [4.69, 9.17) is 15.0 Å². The molecule has 1 aliphatic rings. The van der Waals surface area contributed by atoms with E-state index in [1.807, 2.05) is 36.4 Å².